The van der Waals surface area contributed by atoms with Gasteiger partial charge in [0, 0.05) is 14.3 Å². The molecule has 0 aliphatic carbocycles. The average molecular weight is 362 g/mol. The van der Waals surface area contributed by atoms with Crippen molar-refractivity contribution in [1.82, 2.24) is 4.72 Å². The number of carbonyl (C=O) groups excluding carboxylic acids is 1. The van der Waals surface area contributed by atoms with Gasteiger partial charge in [-0.15, -0.1) is 0 Å². The zero-order valence-corrected chi connectivity index (χ0v) is 10.8. The van der Waals surface area contributed by atoms with Crippen molar-refractivity contribution in [2.45, 2.75) is 0 Å². The third-order valence-corrected chi connectivity index (χ3v) is 2.52. The van der Waals surface area contributed by atoms with Crippen molar-refractivity contribution in [3.05, 3.63) is 27.8 Å². The summed E-state index contributed by atoms with van der Waals surface area (Å²) in [5.41, 5.74) is 0. The van der Waals surface area contributed by atoms with E-state index < -0.39 is 15.3 Å². The molecule has 0 heterocycles. The monoisotopic (exact) mass is 361 g/mol. The molecule has 8 heteroatoms. The topological polar surface area (TPSA) is 72.5 Å². The van der Waals surface area contributed by atoms with E-state index in [2.05, 4.69) is 4.74 Å². The van der Waals surface area contributed by atoms with Gasteiger partial charge in [-0.3, -0.25) is 0 Å². The van der Waals surface area contributed by atoms with E-state index in [0.29, 0.717) is 0 Å². The summed E-state index contributed by atoms with van der Waals surface area (Å²) in [6.07, 6.45) is -1.15. The van der Waals surface area contributed by atoms with Crippen LogP contribution >= 0.6 is 33.3 Å². The molecule has 1 amide bonds. The van der Waals surface area contributed by atoms with Gasteiger partial charge < -0.3 is 4.74 Å². The van der Waals surface area contributed by atoms with E-state index in [9.17, 15) is 13.2 Å². The van der Waals surface area contributed by atoms with E-state index in [1.807, 2.05) is 22.6 Å². The van der Waals surface area contributed by atoms with Gasteiger partial charge in [-0.05, 0) is 40.8 Å². The van der Waals surface area contributed by atoms with Crippen molar-refractivity contribution in [1.29, 1.82) is 0 Å². The van der Waals surface area contributed by atoms with Crippen molar-refractivity contribution in [3.63, 3.8) is 0 Å². The molecule has 0 spiro atoms. The lowest BCUT2D eigenvalue weighted by Gasteiger charge is -2.03. The van der Waals surface area contributed by atoms with Gasteiger partial charge in [-0.2, -0.15) is 8.42 Å². The lowest BCUT2D eigenvalue weighted by atomic mass is 10.3. The number of rotatable bonds is 2. The maximum atomic E-state index is 10.9. The minimum absolute atomic E-state index is 0.236. The molecule has 0 aromatic heterocycles. The number of halogens is 2. The van der Waals surface area contributed by atoms with Gasteiger partial charge in [0.1, 0.15) is 5.75 Å². The van der Waals surface area contributed by atoms with E-state index in [-0.39, 0.29) is 5.75 Å². The molecule has 1 aromatic carbocycles. The first-order valence-corrected chi connectivity index (χ1v) is 6.95. The first-order valence-electron chi connectivity index (χ1n) is 3.56. The van der Waals surface area contributed by atoms with E-state index in [0.717, 1.165) is 3.57 Å². The number of carbonyl (C=O) groups is 1. The minimum Gasteiger partial charge on any atom is -0.410 e. The Labute approximate surface area is 104 Å². The first-order chi connectivity index (χ1) is 6.87. The Morgan fingerprint density at radius 2 is 2.13 bits per heavy atom. The number of nitrogens with one attached hydrogen (secondary N) is 1. The highest BCUT2D eigenvalue weighted by molar-refractivity contribution is 14.1. The second-order valence-corrected chi connectivity index (χ2v) is 5.93. The van der Waals surface area contributed by atoms with Gasteiger partial charge in [0.25, 0.3) is 0 Å². The van der Waals surface area contributed by atoms with Crippen LogP contribution in [0.3, 0.4) is 0 Å². The molecule has 0 unspecified atom stereocenters. The lowest BCUT2D eigenvalue weighted by Crippen LogP contribution is -2.29. The van der Waals surface area contributed by atoms with Gasteiger partial charge in [0.2, 0.25) is 0 Å². The molecular weight excluding hydrogens is 357 g/mol. The number of hydrogen-bond donors (Lipinski definition) is 1. The van der Waals surface area contributed by atoms with Crippen molar-refractivity contribution in [3.8, 4) is 5.75 Å². The Balaban J connectivity index is 2.67. The second kappa shape index (κ2) is 4.99. The Morgan fingerprint density at radius 3 is 2.67 bits per heavy atom. The molecule has 0 saturated carbocycles. The van der Waals surface area contributed by atoms with Crippen molar-refractivity contribution >= 4 is 48.6 Å². The van der Waals surface area contributed by atoms with E-state index in [1.54, 1.807) is 18.2 Å². The van der Waals surface area contributed by atoms with Gasteiger partial charge in [0.05, 0.1) is 0 Å². The number of benzene rings is 1. The number of hydrogen-bond acceptors (Lipinski definition) is 4. The van der Waals surface area contributed by atoms with Crippen molar-refractivity contribution in [2.24, 2.45) is 0 Å². The van der Waals surface area contributed by atoms with Crippen LogP contribution in [0.4, 0.5) is 4.79 Å². The predicted octanol–water partition coefficient (Wildman–Crippen LogP) is 1.86. The Kier molecular flexibility index (Phi) is 4.17. The molecule has 0 aliphatic rings. The average Bonchev–Trinajstić information content (AvgIpc) is 1.99. The van der Waals surface area contributed by atoms with Crippen molar-refractivity contribution < 1.29 is 17.9 Å². The summed E-state index contributed by atoms with van der Waals surface area (Å²) in [4.78, 5) is 10.9. The molecular formula is C7H5ClINO4S. The van der Waals surface area contributed by atoms with Gasteiger partial charge in [-0.25, -0.2) is 9.52 Å². The van der Waals surface area contributed by atoms with Crippen LogP contribution in [0.5, 0.6) is 5.75 Å². The Hall–Kier alpha value is -0.540. The largest absolute Gasteiger partial charge is 0.427 e. The van der Waals surface area contributed by atoms with Crippen LogP contribution in [0.15, 0.2) is 24.3 Å². The third-order valence-electron chi connectivity index (χ3n) is 1.21. The lowest BCUT2D eigenvalue weighted by molar-refractivity contribution is 0.207. The van der Waals surface area contributed by atoms with Crippen LogP contribution in [-0.2, 0) is 9.24 Å². The smallest absolute Gasteiger partial charge is 0.410 e. The molecule has 0 saturated heterocycles. The zero-order valence-electron chi connectivity index (χ0n) is 7.11. The molecule has 1 N–H and O–H groups in total. The van der Waals surface area contributed by atoms with Crippen LogP contribution in [0.1, 0.15) is 0 Å². The molecule has 0 radical (unpaired) electrons. The summed E-state index contributed by atoms with van der Waals surface area (Å²) in [6.45, 7) is 0. The number of ether oxygens (including phenoxy) is 1. The Morgan fingerprint density at radius 1 is 1.47 bits per heavy atom. The van der Waals surface area contributed by atoms with E-state index in [1.165, 1.54) is 10.8 Å². The molecule has 0 aliphatic heterocycles. The maximum Gasteiger partial charge on any atom is 0.427 e. The zero-order chi connectivity index (χ0) is 11.5. The third kappa shape index (κ3) is 5.19. The first kappa shape index (κ1) is 12.5. The summed E-state index contributed by atoms with van der Waals surface area (Å²) in [7, 11) is 0.677. The predicted molar refractivity (Wildman–Crippen MR) is 63.1 cm³/mol. The highest BCUT2D eigenvalue weighted by Crippen LogP contribution is 2.14. The highest BCUT2D eigenvalue weighted by atomic mass is 127. The van der Waals surface area contributed by atoms with Crippen molar-refractivity contribution in [2.75, 3.05) is 0 Å². The molecule has 15 heavy (non-hydrogen) atoms. The molecule has 0 fully saturated rings. The fraction of sp³-hybridized carbons (Fsp3) is 0. The van der Waals surface area contributed by atoms with E-state index in [4.69, 9.17) is 10.7 Å². The fourth-order valence-electron chi connectivity index (χ4n) is 0.758. The van der Waals surface area contributed by atoms with Crippen LogP contribution < -0.4 is 9.46 Å². The van der Waals surface area contributed by atoms with Gasteiger partial charge in [0.15, 0.2) is 0 Å². The van der Waals surface area contributed by atoms with Gasteiger partial charge >= 0.3 is 15.3 Å². The summed E-state index contributed by atoms with van der Waals surface area (Å²) in [5.74, 6) is 0.236. The molecule has 5 nitrogen and oxygen atoms in total. The van der Waals surface area contributed by atoms with Crippen LogP contribution in [-0.4, -0.2) is 14.5 Å². The molecule has 1 aromatic rings. The standard InChI is InChI=1S/C7H5ClINO4S/c8-15(12,13)10-7(11)14-6-3-1-2-5(9)4-6/h1-4H,(H,10,11). The van der Waals surface area contributed by atoms with Crippen LogP contribution in [0.25, 0.3) is 0 Å². The number of amides is 1. The summed E-state index contributed by atoms with van der Waals surface area (Å²) in [5, 5.41) is 0. The minimum atomic E-state index is -4.11. The molecule has 1 rings (SSSR count). The van der Waals surface area contributed by atoms with Gasteiger partial charge in [-0.1, -0.05) is 6.07 Å². The quantitative estimate of drug-likeness (QED) is 0.645. The summed E-state index contributed by atoms with van der Waals surface area (Å²) >= 11 is 2.02. The van der Waals surface area contributed by atoms with E-state index >= 15 is 0 Å². The highest BCUT2D eigenvalue weighted by Gasteiger charge is 2.12. The molecule has 0 bridgehead atoms. The molecule has 82 valence electrons. The summed E-state index contributed by atoms with van der Waals surface area (Å²) in [6, 6.07) is 6.55. The molecule has 0 atom stereocenters. The fourth-order valence-corrected chi connectivity index (χ4v) is 1.70. The van der Waals surface area contributed by atoms with Crippen LogP contribution in [0, 0.1) is 3.57 Å². The maximum absolute atomic E-state index is 10.9. The second-order valence-electron chi connectivity index (χ2n) is 2.39. The summed E-state index contributed by atoms with van der Waals surface area (Å²) < 4.78 is 27.9. The Bertz CT molecular complexity index is 476. The van der Waals surface area contributed by atoms with Crippen LogP contribution in [0.2, 0.25) is 0 Å². The normalized spacial score (nSPS) is 10.8. The SMILES string of the molecule is O=C(NS(=O)(=O)Cl)Oc1cccc(I)c1.